The predicted molar refractivity (Wildman–Crippen MR) is 99.7 cm³/mol. The zero-order chi connectivity index (χ0) is 16.8. The van der Waals surface area contributed by atoms with Crippen LogP contribution in [0.25, 0.3) is 0 Å². The van der Waals surface area contributed by atoms with Crippen molar-refractivity contribution < 1.29 is 9.59 Å². The van der Waals surface area contributed by atoms with Crippen LogP contribution in [0, 0.1) is 0 Å². The van der Waals surface area contributed by atoms with Gasteiger partial charge < -0.3 is 15.2 Å². The second kappa shape index (κ2) is 6.34. The van der Waals surface area contributed by atoms with Crippen molar-refractivity contribution in [2.75, 3.05) is 6.54 Å². The minimum Gasteiger partial charge on any atom is -0.348 e. The van der Waals surface area contributed by atoms with Gasteiger partial charge in [-0.3, -0.25) is 9.59 Å². The number of thioether (sulfide) groups is 1. The predicted octanol–water partition coefficient (Wildman–Crippen LogP) is 3.37. The average molecular weight is 474 g/mol. The Hall–Kier alpha value is -1.06. The summed E-state index contributed by atoms with van der Waals surface area (Å²) >= 11 is 8.29. The van der Waals surface area contributed by atoms with Gasteiger partial charge in [0.15, 0.2) is 5.17 Å². The van der Waals surface area contributed by atoms with Gasteiger partial charge in [0.05, 0.1) is 9.08 Å². The van der Waals surface area contributed by atoms with Crippen molar-refractivity contribution in [2.45, 2.75) is 31.7 Å². The molecule has 0 unspecified atom stereocenters. The summed E-state index contributed by atoms with van der Waals surface area (Å²) in [6.07, 6.45) is 3.07. The summed E-state index contributed by atoms with van der Waals surface area (Å²) < 4.78 is 1.58. The number of hydrogen-bond donors (Lipinski definition) is 2. The number of nitrogens with zero attached hydrogens (tertiary/aromatic N) is 2. The van der Waals surface area contributed by atoms with Crippen molar-refractivity contribution in [3.05, 3.63) is 31.4 Å². The minimum absolute atomic E-state index is 0.0404. The van der Waals surface area contributed by atoms with Crippen molar-refractivity contribution in [2.24, 2.45) is 4.99 Å². The van der Waals surface area contributed by atoms with E-state index in [4.69, 9.17) is 0 Å². The Morgan fingerprint density at radius 3 is 3.00 bits per heavy atom. The molecule has 3 heterocycles. The van der Waals surface area contributed by atoms with Crippen LogP contribution in [-0.4, -0.2) is 39.5 Å². The van der Waals surface area contributed by atoms with E-state index in [1.54, 1.807) is 17.8 Å². The van der Waals surface area contributed by atoms with Crippen LogP contribution in [0.15, 0.2) is 30.7 Å². The maximum atomic E-state index is 12.4. The lowest BCUT2D eigenvalue weighted by Crippen LogP contribution is -2.38. The molecular formula is C15H14Br2N4O2S. The van der Waals surface area contributed by atoms with E-state index < -0.39 is 0 Å². The average Bonchev–Trinajstić information content (AvgIpc) is 3.06. The summed E-state index contributed by atoms with van der Waals surface area (Å²) in [5, 5.41) is 3.90. The van der Waals surface area contributed by atoms with E-state index >= 15 is 0 Å². The van der Waals surface area contributed by atoms with Gasteiger partial charge in [-0.2, -0.15) is 4.99 Å². The van der Waals surface area contributed by atoms with E-state index in [2.05, 4.69) is 52.1 Å². The second-order valence-corrected chi connectivity index (χ2v) is 8.63. The van der Waals surface area contributed by atoms with Crippen LogP contribution in [0.4, 0.5) is 0 Å². The van der Waals surface area contributed by atoms with Crippen molar-refractivity contribution in [3.8, 4) is 0 Å². The quantitative estimate of drug-likeness (QED) is 0.690. The number of halogens is 2. The lowest BCUT2D eigenvalue weighted by atomic mass is 9.98. The number of aromatic nitrogens is 1. The van der Waals surface area contributed by atoms with E-state index in [9.17, 15) is 9.59 Å². The summed E-state index contributed by atoms with van der Waals surface area (Å²) in [5.74, 6) is -0.148. The maximum absolute atomic E-state index is 12.4. The zero-order valence-corrected chi connectivity index (χ0v) is 16.6. The molecule has 1 aromatic rings. The fraction of sp³-hybridized carbons (Fsp3) is 0.400. The number of amides is 2. The largest absolute Gasteiger partial charge is 0.348 e. The molecule has 0 fully saturated rings. The third-order valence-electron chi connectivity index (χ3n) is 4.33. The molecule has 3 aliphatic rings. The monoisotopic (exact) mass is 472 g/mol. The molecule has 6 nitrogen and oxygen atoms in total. The summed E-state index contributed by atoms with van der Waals surface area (Å²) in [6.45, 7) is 0.727. The molecule has 9 heteroatoms. The molecule has 24 heavy (non-hydrogen) atoms. The lowest BCUT2D eigenvalue weighted by Gasteiger charge is -2.28. The smallest absolute Gasteiger partial charge is 0.267 e. The van der Waals surface area contributed by atoms with E-state index in [1.807, 2.05) is 0 Å². The number of fused-ring (bicyclic) bond motifs is 2. The van der Waals surface area contributed by atoms with Gasteiger partial charge in [0.25, 0.3) is 5.91 Å². The van der Waals surface area contributed by atoms with Crippen molar-refractivity contribution in [1.29, 1.82) is 0 Å². The molecule has 126 valence electrons. The molecule has 2 amide bonds. The fourth-order valence-electron chi connectivity index (χ4n) is 3.16. The lowest BCUT2D eigenvalue weighted by molar-refractivity contribution is -0.118. The highest BCUT2D eigenvalue weighted by atomic mass is 79.9. The van der Waals surface area contributed by atoms with E-state index in [0.717, 1.165) is 40.1 Å². The Morgan fingerprint density at radius 1 is 1.42 bits per heavy atom. The number of allylic oxidation sites excluding steroid dienone is 1. The van der Waals surface area contributed by atoms with Crippen molar-refractivity contribution in [1.82, 2.24) is 15.2 Å². The van der Waals surface area contributed by atoms with Gasteiger partial charge >= 0.3 is 0 Å². The van der Waals surface area contributed by atoms with Gasteiger partial charge in [-0.05, 0) is 50.8 Å². The van der Waals surface area contributed by atoms with Crippen molar-refractivity contribution >= 4 is 60.6 Å². The third kappa shape index (κ3) is 2.97. The first-order valence-corrected chi connectivity index (χ1v) is 10.1. The molecule has 1 aliphatic carbocycles. The first-order valence-electron chi connectivity index (χ1n) is 7.65. The molecule has 4 rings (SSSR count). The number of hydrogen-bond acceptors (Lipinski definition) is 4. The number of rotatable bonds is 2. The first kappa shape index (κ1) is 16.4. The SMILES string of the molecule is O=C1CCN2C(=N1)SC1=C2CC[C@H](NC(=O)c2cc(Br)c(Br)[nH]2)C1. The highest BCUT2D eigenvalue weighted by molar-refractivity contribution is 9.13. The maximum Gasteiger partial charge on any atom is 0.267 e. The number of nitrogens with one attached hydrogen (secondary N) is 2. The number of amidine groups is 1. The standard InChI is InChI=1S/C15H14Br2N4O2S/c16-8-6-9(19-13(8)17)14(23)18-7-1-2-10-11(5-7)24-15-20-12(22)3-4-21(10)15/h6-7,19H,1-5H2,(H,18,23)/t7-/m0/s1. The number of aliphatic imine (C=N–C) groups is 1. The topological polar surface area (TPSA) is 77.6 Å². The summed E-state index contributed by atoms with van der Waals surface area (Å²) in [5.41, 5.74) is 1.81. The highest BCUT2D eigenvalue weighted by Gasteiger charge is 2.36. The van der Waals surface area contributed by atoms with Gasteiger partial charge in [0.2, 0.25) is 5.91 Å². The molecule has 0 spiro atoms. The number of carbonyl (C=O) groups is 2. The van der Waals surface area contributed by atoms with Gasteiger partial charge in [-0.1, -0.05) is 11.8 Å². The summed E-state index contributed by atoms with van der Waals surface area (Å²) in [6, 6.07) is 1.86. The fourth-order valence-corrected chi connectivity index (χ4v) is 5.11. The normalized spacial score (nSPS) is 23.1. The Morgan fingerprint density at radius 2 is 2.25 bits per heavy atom. The molecular weight excluding hydrogens is 460 g/mol. The molecule has 0 saturated carbocycles. The second-order valence-electron chi connectivity index (χ2n) is 5.92. The van der Waals surface area contributed by atoms with Crippen LogP contribution in [-0.2, 0) is 4.79 Å². The zero-order valence-electron chi connectivity index (χ0n) is 12.6. The Labute approximate surface area is 159 Å². The molecule has 0 bridgehead atoms. The van der Waals surface area contributed by atoms with Crippen molar-refractivity contribution in [3.63, 3.8) is 0 Å². The van der Waals surface area contributed by atoms with Gasteiger partial charge in [-0.15, -0.1) is 0 Å². The summed E-state index contributed by atoms with van der Waals surface area (Å²) in [7, 11) is 0. The molecule has 0 radical (unpaired) electrons. The van der Waals surface area contributed by atoms with E-state index in [0.29, 0.717) is 12.1 Å². The number of aromatic amines is 1. The van der Waals surface area contributed by atoms with Crippen LogP contribution in [0.2, 0.25) is 0 Å². The van der Waals surface area contributed by atoms with Crippen LogP contribution in [0.1, 0.15) is 36.2 Å². The molecule has 2 N–H and O–H groups in total. The minimum atomic E-state index is -0.108. The molecule has 1 aromatic heterocycles. The molecule has 1 atom stereocenters. The molecule has 0 aromatic carbocycles. The first-order chi connectivity index (χ1) is 11.5. The van der Waals surface area contributed by atoms with Gasteiger partial charge in [-0.25, -0.2) is 0 Å². The van der Waals surface area contributed by atoms with Crippen LogP contribution >= 0.6 is 43.6 Å². The van der Waals surface area contributed by atoms with E-state index in [1.165, 1.54) is 10.6 Å². The number of carbonyl (C=O) groups excluding carboxylic acids is 2. The Kier molecular flexibility index (Phi) is 4.34. The third-order valence-corrected chi connectivity index (χ3v) is 7.25. The summed E-state index contributed by atoms with van der Waals surface area (Å²) in [4.78, 5) is 34.4. The molecule has 2 aliphatic heterocycles. The number of H-pyrrole nitrogens is 1. The highest BCUT2D eigenvalue weighted by Crippen LogP contribution is 2.43. The van der Waals surface area contributed by atoms with Crippen LogP contribution in [0.3, 0.4) is 0 Å². The van der Waals surface area contributed by atoms with E-state index in [-0.39, 0.29) is 17.9 Å². The van der Waals surface area contributed by atoms with Crippen LogP contribution < -0.4 is 5.32 Å². The molecule has 0 saturated heterocycles. The van der Waals surface area contributed by atoms with Gasteiger partial charge in [0, 0.05) is 36.0 Å². The Balaban J connectivity index is 1.45. The Bertz CT molecular complexity index is 782. The van der Waals surface area contributed by atoms with Crippen LogP contribution in [0.5, 0.6) is 0 Å². The van der Waals surface area contributed by atoms with Gasteiger partial charge in [0.1, 0.15) is 5.69 Å².